The Morgan fingerprint density at radius 2 is 1.78 bits per heavy atom. The lowest BCUT2D eigenvalue weighted by atomic mass is 10.2. The number of carbonyl (C=O) groups is 1. The zero-order chi connectivity index (χ0) is 26.6. The van der Waals surface area contributed by atoms with E-state index in [2.05, 4.69) is 10.4 Å². The summed E-state index contributed by atoms with van der Waals surface area (Å²) in [6.45, 7) is 9.10. The van der Waals surface area contributed by atoms with Crippen molar-refractivity contribution >= 4 is 43.3 Å². The molecular formula is C26H31N5O4S2. The highest BCUT2D eigenvalue weighted by atomic mass is 32.2. The van der Waals surface area contributed by atoms with Gasteiger partial charge in [0.2, 0.25) is 15.2 Å². The van der Waals surface area contributed by atoms with Crippen molar-refractivity contribution in [3.63, 3.8) is 0 Å². The molecule has 0 fully saturated rings. The van der Waals surface area contributed by atoms with Crippen LogP contribution in [0.3, 0.4) is 0 Å². The van der Waals surface area contributed by atoms with Gasteiger partial charge in [-0.2, -0.15) is 14.1 Å². The van der Waals surface area contributed by atoms with E-state index >= 15 is 0 Å². The zero-order valence-electron chi connectivity index (χ0n) is 21.4. The summed E-state index contributed by atoms with van der Waals surface area (Å²) in [4.78, 5) is 18.0. The Morgan fingerprint density at radius 1 is 1.08 bits per heavy atom. The number of rotatable bonds is 11. The molecule has 1 amide bonds. The number of benzene rings is 2. The molecule has 0 saturated carbocycles. The number of fused-ring (bicyclic) bond motifs is 1. The van der Waals surface area contributed by atoms with E-state index in [0.29, 0.717) is 47.7 Å². The van der Waals surface area contributed by atoms with Gasteiger partial charge in [0.1, 0.15) is 17.1 Å². The standard InChI is InChI=1S/C26H31N5O4S2/c1-5-15-30(16-6-2)37(33,34)20-13-11-19(12-14-20)25(32)27-23-17-18(4)29-31(23)26-28-24-21(35-7-3)9-8-10-22(24)36-26/h8-14,17H,5-7,15-16H2,1-4H3,(H,27,32). The average molecular weight is 542 g/mol. The Kier molecular flexibility index (Phi) is 8.25. The fourth-order valence-corrected chi connectivity index (χ4v) is 6.55. The highest BCUT2D eigenvalue weighted by Crippen LogP contribution is 2.33. The van der Waals surface area contributed by atoms with E-state index < -0.39 is 10.0 Å². The minimum atomic E-state index is -3.62. The molecule has 1 N–H and O–H groups in total. The maximum atomic E-state index is 13.1. The van der Waals surface area contributed by atoms with Gasteiger partial charge >= 0.3 is 0 Å². The number of aryl methyl sites for hydroxylation is 1. The van der Waals surface area contributed by atoms with E-state index in [-0.39, 0.29) is 10.8 Å². The van der Waals surface area contributed by atoms with Crippen LogP contribution in [0.25, 0.3) is 15.3 Å². The zero-order valence-corrected chi connectivity index (χ0v) is 23.0. The quantitative estimate of drug-likeness (QED) is 0.278. The van der Waals surface area contributed by atoms with E-state index in [1.807, 2.05) is 45.9 Å². The molecule has 0 radical (unpaired) electrons. The average Bonchev–Trinajstić information content (AvgIpc) is 3.47. The van der Waals surface area contributed by atoms with Crippen molar-refractivity contribution in [2.24, 2.45) is 0 Å². The summed E-state index contributed by atoms with van der Waals surface area (Å²) in [5.41, 5.74) is 1.80. The van der Waals surface area contributed by atoms with Gasteiger partial charge in [-0.3, -0.25) is 4.79 Å². The highest BCUT2D eigenvalue weighted by molar-refractivity contribution is 7.89. The van der Waals surface area contributed by atoms with Crippen LogP contribution in [-0.2, 0) is 10.0 Å². The third kappa shape index (κ3) is 5.68. The van der Waals surface area contributed by atoms with E-state index in [9.17, 15) is 13.2 Å². The van der Waals surface area contributed by atoms with Crippen LogP contribution in [0.15, 0.2) is 53.4 Å². The Morgan fingerprint density at radius 3 is 2.43 bits per heavy atom. The molecule has 0 spiro atoms. The molecule has 0 aliphatic rings. The lowest BCUT2D eigenvalue weighted by molar-refractivity contribution is 0.102. The van der Waals surface area contributed by atoms with Crippen LogP contribution in [0.1, 0.15) is 49.7 Å². The largest absolute Gasteiger partial charge is 0.492 e. The van der Waals surface area contributed by atoms with Crippen LogP contribution in [0.5, 0.6) is 5.75 Å². The molecule has 0 aliphatic carbocycles. The topological polar surface area (TPSA) is 106 Å². The second-order valence-electron chi connectivity index (χ2n) is 8.50. The summed E-state index contributed by atoms with van der Waals surface area (Å²) in [7, 11) is -3.62. The van der Waals surface area contributed by atoms with Crippen molar-refractivity contribution in [2.45, 2.75) is 45.4 Å². The van der Waals surface area contributed by atoms with Gasteiger partial charge < -0.3 is 10.1 Å². The number of amides is 1. The first-order valence-electron chi connectivity index (χ1n) is 12.3. The first-order chi connectivity index (χ1) is 17.8. The van der Waals surface area contributed by atoms with Crippen LogP contribution in [0, 0.1) is 6.92 Å². The van der Waals surface area contributed by atoms with E-state index in [1.165, 1.54) is 39.9 Å². The fourth-order valence-electron chi connectivity index (χ4n) is 3.98. The molecule has 9 nitrogen and oxygen atoms in total. The van der Waals surface area contributed by atoms with Gasteiger partial charge in [-0.15, -0.1) is 0 Å². The first-order valence-corrected chi connectivity index (χ1v) is 14.5. The summed E-state index contributed by atoms with van der Waals surface area (Å²) in [6.07, 6.45) is 1.46. The summed E-state index contributed by atoms with van der Waals surface area (Å²) < 4.78 is 35.8. The van der Waals surface area contributed by atoms with Gasteiger partial charge in [0.15, 0.2) is 0 Å². The molecule has 37 heavy (non-hydrogen) atoms. The number of nitrogens with zero attached hydrogens (tertiary/aromatic N) is 4. The van der Waals surface area contributed by atoms with Crippen molar-refractivity contribution < 1.29 is 17.9 Å². The number of thiazole rings is 1. The van der Waals surface area contributed by atoms with Gasteiger partial charge in [-0.1, -0.05) is 31.3 Å². The van der Waals surface area contributed by atoms with Gasteiger partial charge in [-0.05, 0) is 63.1 Å². The molecule has 0 atom stereocenters. The van der Waals surface area contributed by atoms with Crippen molar-refractivity contribution in [2.75, 3.05) is 25.0 Å². The number of hydrogen-bond donors (Lipinski definition) is 1. The molecule has 11 heteroatoms. The van der Waals surface area contributed by atoms with Crippen LogP contribution in [0.2, 0.25) is 0 Å². The lowest BCUT2D eigenvalue weighted by Crippen LogP contribution is -2.32. The minimum Gasteiger partial charge on any atom is -0.492 e. The molecular weight excluding hydrogens is 510 g/mol. The second-order valence-corrected chi connectivity index (χ2v) is 11.4. The number of aromatic nitrogens is 3. The van der Waals surface area contributed by atoms with E-state index in [1.54, 1.807) is 10.7 Å². The molecule has 0 aliphatic heterocycles. The second kappa shape index (κ2) is 11.4. The molecule has 0 saturated heterocycles. The molecule has 2 aromatic carbocycles. The number of ether oxygens (including phenoxy) is 1. The fraction of sp³-hybridized carbons (Fsp3) is 0.346. The smallest absolute Gasteiger partial charge is 0.256 e. The van der Waals surface area contributed by atoms with Crippen LogP contribution < -0.4 is 10.1 Å². The molecule has 4 rings (SSSR count). The predicted molar refractivity (Wildman–Crippen MR) is 146 cm³/mol. The van der Waals surface area contributed by atoms with Crippen LogP contribution >= 0.6 is 11.3 Å². The molecule has 0 bridgehead atoms. The first kappa shape index (κ1) is 26.8. The number of para-hydroxylation sites is 1. The minimum absolute atomic E-state index is 0.173. The third-order valence-corrected chi connectivity index (χ3v) is 8.53. The van der Waals surface area contributed by atoms with Gasteiger partial charge in [0.05, 0.1) is 21.9 Å². The van der Waals surface area contributed by atoms with Gasteiger partial charge in [-0.25, -0.2) is 13.4 Å². The normalized spacial score (nSPS) is 11.8. The van der Waals surface area contributed by atoms with E-state index in [0.717, 1.165) is 23.1 Å². The Hall–Kier alpha value is -3.28. The van der Waals surface area contributed by atoms with Gasteiger partial charge in [0.25, 0.3) is 5.91 Å². The number of hydrogen-bond acceptors (Lipinski definition) is 7. The molecule has 4 aromatic rings. The van der Waals surface area contributed by atoms with Crippen molar-refractivity contribution in [3.8, 4) is 10.9 Å². The maximum absolute atomic E-state index is 13.1. The number of carbonyl (C=O) groups excluding carboxylic acids is 1. The van der Waals surface area contributed by atoms with Crippen LogP contribution in [-0.4, -0.2) is 53.1 Å². The van der Waals surface area contributed by atoms with Crippen molar-refractivity contribution in [1.82, 2.24) is 19.1 Å². The number of nitrogens with one attached hydrogen (secondary N) is 1. The van der Waals surface area contributed by atoms with E-state index in [4.69, 9.17) is 9.72 Å². The maximum Gasteiger partial charge on any atom is 0.256 e. The Balaban J connectivity index is 1.58. The summed E-state index contributed by atoms with van der Waals surface area (Å²) in [6, 6.07) is 13.5. The number of sulfonamides is 1. The molecule has 2 heterocycles. The highest BCUT2D eigenvalue weighted by Gasteiger charge is 2.23. The SMILES string of the molecule is CCCN(CCC)S(=O)(=O)c1ccc(C(=O)Nc2cc(C)nn2-c2nc3c(OCC)cccc3s2)cc1. The number of anilines is 1. The van der Waals surface area contributed by atoms with Crippen molar-refractivity contribution in [1.29, 1.82) is 0 Å². The van der Waals surface area contributed by atoms with Crippen LogP contribution in [0.4, 0.5) is 5.82 Å². The van der Waals surface area contributed by atoms with Crippen molar-refractivity contribution in [3.05, 3.63) is 59.8 Å². The molecule has 0 unspecified atom stereocenters. The monoisotopic (exact) mass is 541 g/mol. The molecule has 196 valence electrons. The molecule has 2 aromatic heterocycles. The third-order valence-electron chi connectivity index (χ3n) is 5.63. The summed E-state index contributed by atoms with van der Waals surface area (Å²) >= 11 is 1.44. The lowest BCUT2D eigenvalue weighted by Gasteiger charge is -2.21. The summed E-state index contributed by atoms with van der Waals surface area (Å²) in [5.74, 6) is 0.789. The Bertz CT molecular complexity index is 1490. The predicted octanol–water partition coefficient (Wildman–Crippen LogP) is 5.25. The summed E-state index contributed by atoms with van der Waals surface area (Å²) in [5, 5.41) is 8.01. The van der Waals surface area contributed by atoms with Gasteiger partial charge in [0, 0.05) is 24.7 Å². The Labute approximate surface area is 221 Å².